The highest BCUT2D eigenvalue weighted by Crippen LogP contribution is 2.89. The van der Waals surface area contributed by atoms with Crippen LogP contribution >= 0.6 is 0 Å². The quantitative estimate of drug-likeness (QED) is 0.178. The van der Waals surface area contributed by atoms with Crippen LogP contribution in [0, 0.1) is 29.1 Å². The van der Waals surface area contributed by atoms with Gasteiger partial charge < -0.3 is 4.90 Å². The lowest BCUT2D eigenvalue weighted by Crippen LogP contribution is -2.73. The summed E-state index contributed by atoms with van der Waals surface area (Å²) in [5.41, 5.74) is 16.7. The number of para-hydroxylation sites is 1. The van der Waals surface area contributed by atoms with Crippen LogP contribution in [-0.4, -0.2) is 0 Å². The molecule has 1 nitrogen and oxygen atoms in total. The van der Waals surface area contributed by atoms with Gasteiger partial charge in [-0.05, 0) is 165 Å². The second kappa shape index (κ2) is 10.1. The third-order valence-electron chi connectivity index (χ3n) is 16.2. The zero-order chi connectivity index (χ0) is 35.5. The molecule has 6 atom stereocenters. The van der Waals surface area contributed by atoms with Crippen molar-refractivity contribution in [2.24, 2.45) is 29.1 Å². The molecule has 0 aromatic heterocycles. The van der Waals surface area contributed by atoms with E-state index in [1.165, 1.54) is 99.7 Å². The minimum absolute atomic E-state index is 0.119. The fraction of sp³-hybridized carbons (Fsp3) is 0.346. The fourth-order valence-electron chi connectivity index (χ4n) is 13.9. The number of benzene rings is 6. The summed E-state index contributed by atoms with van der Waals surface area (Å²) >= 11 is 0. The Hall–Kier alpha value is -4.62. The Bertz CT molecular complexity index is 2520. The Kier molecular flexibility index (Phi) is 5.88. The Morgan fingerprint density at radius 3 is 2.08 bits per heavy atom. The van der Waals surface area contributed by atoms with Crippen LogP contribution in [0.2, 0.25) is 0 Å². The van der Waals surface area contributed by atoms with Crippen molar-refractivity contribution < 1.29 is 0 Å². The highest BCUT2D eigenvalue weighted by molar-refractivity contribution is 6.04. The van der Waals surface area contributed by atoms with Gasteiger partial charge in [0.15, 0.2) is 0 Å². The van der Waals surface area contributed by atoms with Gasteiger partial charge in [-0.15, -0.1) is 0 Å². The van der Waals surface area contributed by atoms with Crippen molar-refractivity contribution >= 4 is 27.8 Å². The summed E-state index contributed by atoms with van der Waals surface area (Å²) < 4.78 is 0. The molecule has 2 bridgehead atoms. The molecule has 12 rings (SSSR count). The van der Waals surface area contributed by atoms with Crippen LogP contribution in [0.4, 0.5) is 17.1 Å². The molecule has 6 aliphatic carbocycles. The van der Waals surface area contributed by atoms with Crippen molar-refractivity contribution in [2.45, 2.75) is 82.5 Å². The maximum Gasteiger partial charge on any atom is 0.0543 e. The molecule has 0 radical (unpaired) electrons. The zero-order valence-corrected chi connectivity index (χ0v) is 31.6. The molecule has 1 heteroatoms. The number of hydrogen-bond acceptors (Lipinski definition) is 1. The molecule has 2 spiro atoms. The molecule has 0 heterocycles. The number of fused-ring (bicyclic) bond motifs is 10. The minimum Gasteiger partial charge on any atom is -0.310 e. The molecule has 4 saturated carbocycles. The van der Waals surface area contributed by atoms with Crippen molar-refractivity contribution in [1.29, 1.82) is 0 Å². The first-order valence-corrected chi connectivity index (χ1v) is 20.5. The van der Waals surface area contributed by atoms with Gasteiger partial charge in [-0.3, -0.25) is 0 Å². The summed E-state index contributed by atoms with van der Waals surface area (Å²) in [6.07, 6.45) is 8.24. The van der Waals surface area contributed by atoms with Crippen LogP contribution in [0.25, 0.3) is 33.0 Å². The van der Waals surface area contributed by atoms with Gasteiger partial charge >= 0.3 is 0 Å². The molecule has 0 N–H and O–H groups in total. The molecule has 0 amide bonds. The van der Waals surface area contributed by atoms with Crippen molar-refractivity contribution in [1.82, 2.24) is 0 Å². The summed E-state index contributed by atoms with van der Waals surface area (Å²) in [5.74, 6) is 3.45. The van der Waals surface area contributed by atoms with Gasteiger partial charge in [0.1, 0.15) is 0 Å². The molecule has 0 saturated heterocycles. The first-order chi connectivity index (χ1) is 25.7. The summed E-state index contributed by atoms with van der Waals surface area (Å²) in [6.45, 7) is 9.81. The largest absolute Gasteiger partial charge is 0.310 e. The lowest BCUT2D eigenvalue weighted by molar-refractivity contribution is -0.231. The molecule has 6 aromatic carbocycles. The van der Waals surface area contributed by atoms with E-state index in [4.69, 9.17) is 0 Å². The molecule has 53 heavy (non-hydrogen) atoms. The van der Waals surface area contributed by atoms with E-state index in [-0.39, 0.29) is 16.2 Å². The molecule has 0 aliphatic heterocycles. The van der Waals surface area contributed by atoms with Gasteiger partial charge in [-0.25, -0.2) is 0 Å². The smallest absolute Gasteiger partial charge is 0.0543 e. The van der Waals surface area contributed by atoms with E-state index in [1.807, 2.05) is 0 Å². The van der Waals surface area contributed by atoms with Gasteiger partial charge in [0.25, 0.3) is 0 Å². The average molecular weight is 688 g/mol. The van der Waals surface area contributed by atoms with E-state index >= 15 is 0 Å². The molecule has 6 aromatic rings. The lowest BCUT2D eigenvalue weighted by atomic mass is 9.27. The van der Waals surface area contributed by atoms with Gasteiger partial charge in [0.2, 0.25) is 0 Å². The predicted molar refractivity (Wildman–Crippen MR) is 220 cm³/mol. The Labute approximate surface area is 315 Å². The minimum atomic E-state index is 0.119. The number of hydrogen-bond donors (Lipinski definition) is 0. The van der Waals surface area contributed by atoms with Crippen molar-refractivity contribution in [2.75, 3.05) is 4.90 Å². The van der Waals surface area contributed by atoms with E-state index in [9.17, 15) is 0 Å². The Balaban J connectivity index is 1.17. The maximum atomic E-state index is 2.72. The van der Waals surface area contributed by atoms with Crippen LogP contribution in [-0.2, 0) is 16.2 Å². The molecular weight excluding hydrogens is 639 g/mol. The molecule has 6 aliphatic rings. The second-order valence-corrected chi connectivity index (χ2v) is 19.2. The second-order valence-electron chi connectivity index (χ2n) is 19.2. The Morgan fingerprint density at radius 2 is 1.23 bits per heavy atom. The Morgan fingerprint density at radius 1 is 0.509 bits per heavy atom. The van der Waals surface area contributed by atoms with E-state index in [1.54, 1.807) is 11.1 Å². The van der Waals surface area contributed by atoms with Crippen molar-refractivity contribution in [3.63, 3.8) is 0 Å². The average Bonchev–Trinajstić information content (AvgIpc) is 3.80. The first-order valence-electron chi connectivity index (χ1n) is 20.5. The van der Waals surface area contributed by atoms with Gasteiger partial charge in [-0.1, -0.05) is 119 Å². The van der Waals surface area contributed by atoms with Gasteiger partial charge in [0.05, 0.1) is 5.69 Å². The standard InChI is InChI=1S/C52H49N/c1-49(2)23-24-50(3,4)45-28-36(21-22-43(45)49)53(35-15-6-5-7-16-35)46-30-44-40(29-41(46)38-19-12-14-33-13-8-9-17-37(33)38)39-18-10-11-20-42(39)52(44)47-26-32-25-34-27-48(52)51(34,47)31-32/h5-22,28-30,32,34,47-48H,23-27,31H2,1-4H3. The topological polar surface area (TPSA) is 3.24 Å². The van der Waals surface area contributed by atoms with Crippen LogP contribution in [0.3, 0.4) is 0 Å². The third-order valence-corrected chi connectivity index (χ3v) is 16.2. The molecule has 262 valence electrons. The van der Waals surface area contributed by atoms with Crippen molar-refractivity contribution in [3.05, 3.63) is 150 Å². The third kappa shape index (κ3) is 3.70. The maximum absolute atomic E-state index is 2.72. The number of anilines is 3. The fourth-order valence-corrected chi connectivity index (χ4v) is 13.9. The molecular formula is C52H49N. The monoisotopic (exact) mass is 687 g/mol. The highest BCUT2D eigenvalue weighted by atomic mass is 15.1. The number of nitrogens with zero attached hydrogens (tertiary/aromatic N) is 1. The van der Waals surface area contributed by atoms with E-state index in [0.717, 1.165) is 23.7 Å². The summed E-state index contributed by atoms with van der Waals surface area (Å²) in [5, 5.41) is 2.61. The molecule has 6 unspecified atom stereocenters. The van der Waals surface area contributed by atoms with E-state index in [2.05, 4.69) is 160 Å². The highest BCUT2D eigenvalue weighted by Gasteiger charge is 2.84. The summed E-state index contributed by atoms with van der Waals surface area (Å²) in [7, 11) is 0. The zero-order valence-electron chi connectivity index (χ0n) is 31.6. The van der Waals surface area contributed by atoms with E-state index < -0.39 is 0 Å². The van der Waals surface area contributed by atoms with Crippen LogP contribution in [0.5, 0.6) is 0 Å². The van der Waals surface area contributed by atoms with E-state index in [0.29, 0.717) is 5.41 Å². The summed E-state index contributed by atoms with van der Waals surface area (Å²) in [6, 6.07) is 49.6. The SMILES string of the molecule is CC1(C)CCC(C)(C)c2cc(N(c3ccccc3)c3cc4c(cc3-c3cccc5ccccc35)-c3ccccc3C43C4CC5CC6CC3C64C5)ccc21. The summed E-state index contributed by atoms with van der Waals surface area (Å²) in [4.78, 5) is 2.63. The lowest BCUT2D eigenvalue weighted by Gasteiger charge is -2.76. The normalized spacial score (nSPS) is 29.9. The van der Waals surface area contributed by atoms with Crippen LogP contribution < -0.4 is 4.90 Å². The predicted octanol–water partition coefficient (Wildman–Crippen LogP) is 13.7. The number of rotatable bonds is 4. The first kappa shape index (κ1) is 30.8. The van der Waals surface area contributed by atoms with Gasteiger partial charge in [0, 0.05) is 22.4 Å². The van der Waals surface area contributed by atoms with Crippen molar-refractivity contribution in [3.8, 4) is 22.3 Å². The van der Waals surface area contributed by atoms with Crippen LogP contribution in [0.15, 0.2) is 127 Å². The molecule has 4 fully saturated rings. The van der Waals surface area contributed by atoms with Crippen LogP contribution in [0.1, 0.15) is 88.5 Å². The van der Waals surface area contributed by atoms with Gasteiger partial charge in [-0.2, -0.15) is 0 Å².